The summed E-state index contributed by atoms with van der Waals surface area (Å²) >= 11 is 3.80. The third-order valence-corrected chi connectivity index (χ3v) is 0.855. The Bertz CT molecular complexity index is 62.7. The SMILES string of the molecule is O=C([O-])CCCS. The van der Waals surface area contributed by atoms with Crippen molar-refractivity contribution in [1.82, 2.24) is 0 Å². The molecule has 0 radical (unpaired) electrons. The van der Waals surface area contributed by atoms with Gasteiger partial charge in [0, 0.05) is 5.97 Å². The van der Waals surface area contributed by atoms with E-state index in [1.165, 1.54) is 0 Å². The Morgan fingerprint density at radius 3 is 2.43 bits per heavy atom. The lowest BCUT2D eigenvalue weighted by atomic mass is 10.3. The van der Waals surface area contributed by atoms with Crippen molar-refractivity contribution in [1.29, 1.82) is 0 Å². The van der Waals surface area contributed by atoms with E-state index in [0.717, 1.165) is 0 Å². The van der Waals surface area contributed by atoms with E-state index in [-0.39, 0.29) is 6.42 Å². The number of carbonyl (C=O) groups excluding carboxylic acids is 1. The largest absolute Gasteiger partial charge is 0.550 e. The molecule has 3 heteroatoms. The molecule has 42 valence electrons. The van der Waals surface area contributed by atoms with Crippen molar-refractivity contribution in [2.75, 3.05) is 5.75 Å². The highest BCUT2D eigenvalue weighted by atomic mass is 32.1. The Hall–Kier alpha value is -0.180. The summed E-state index contributed by atoms with van der Waals surface area (Å²) in [6, 6.07) is 0. The lowest BCUT2D eigenvalue weighted by Crippen LogP contribution is -2.21. The molecule has 0 atom stereocenters. The van der Waals surface area contributed by atoms with Crippen LogP contribution in [0.4, 0.5) is 0 Å². The van der Waals surface area contributed by atoms with Crippen molar-refractivity contribution >= 4 is 18.6 Å². The van der Waals surface area contributed by atoms with Crippen molar-refractivity contribution in [2.24, 2.45) is 0 Å². The molecule has 0 amide bonds. The van der Waals surface area contributed by atoms with Gasteiger partial charge in [0.1, 0.15) is 0 Å². The number of carboxylic acids is 1. The summed E-state index contributed by atoms with van der Waals surface area (Å²) < 4.78 is 0. The maximum atomic E-state index is 9.61. The van der Waals surface area contributed by atoms with Crippen LogP contribution in [-0.2, 0) is 4.79 Å². The Labute approximate surface area is 47.9 Å². The van der Waals surface area contributed by atoms with Crippen molar-refractivity contribution in [3.63, 3.8) is 0 Å². The first-order valence-corrected chi connectivity index (χ1v) is 2.71. The summed E-state index contributed by atoms with van der Waals surface area (Å²) in [5, 5.41) is 9.61. The molecule has 0 aliphatic heterocycles. The first-order chi connectivity index (χ1) is 3.27. The summed E-state index contributed by atoms with van der Waals surface area (Å²) in [5.74, 6) is -0.373. The average molecular weight is 119 g/mol. The lowest BCUT2D eigenvalue weighted by Gasteiger charge is -1.95. The highest BCUT2D eigenvalue weighted by Crippen LogP contribution is 1.87. The summed E-state index contributed by atoms with van der Waals surface area (Å²) in [7, 11) is 0. The Kier molecular flexibility index (Phi) is 3.89. The average Bonchev–Trinajstić information content (AvgIpc) is 1.61. The number of aliphatic carboxylic acids is 1. The molecule has 0 N–H and O–H groups in total. The molecule has 7 heavy (non-hydrogen) atoms. The van der Waals surface area contributed by atoms with Crippen LogP contribution in [0.15, 0.2) is 0 Å². The van der Waals surface area contributed by atoms with Crippen LogP contribution < -0.4 is 5.11 Å². The molecule has 0 bridgehead atoms. The van der Waals surface area contributed by atoms with Crippen molar-refractivity contribution < 1.29 is 9.90 Å². The third kappa shape index (κ3) is 5.82. The molecule has 0 unspecified atom stereocenters. The van der Waals surface area contributed by atoms with Crippen molar-refractivity contribution in [3.05, 3.63) is 0 Å². The van der Waals surface area contributed by atoms with Gasteiger partial charge in [-0.3, -0.25) is 0 Å². The predicted molar refractivity (Wildman–Crippen MR) is 28.1 cm³/mol. The zero-order chi connectivity index (χ0) is 5.70. The normalized spacial score (nSPS) is 8.71. The molecule has 0 spiro atoms. The van der Waals surface area contributed by atoms with E-state index in [1.54, 1.807) is 0 Å². The summed E-state index contributed by atoms with van der Waals surface area (Å²) in [6.07, 6.45) is 0.731. The standard InChI is InChI=1S/C4H8O2S/c5-4(6)2-1-3-7/h7H,1-3H2,(H,5,6)/p-1. The minimum Gasteiger partial charge on any atom is -0.550 e. The first kappa shape index (κ1) is 6.82. The quantitative estimate of drug-likeness (QED) is 0.506. The Morgan fingerprint density at radius 1 is 1.71 bits per heavy atom. The number of carboxylic acid groups (broad SMARTS) is 1. The van der Waals surface area contributed by atoms with Crippen molar-refractivity contribution in [3.8, 4) is 0 Å². The van der Waals surface area contributed by atoms with Gasteiger partial charge in [0.2, 0.25) is 0 Å². The molecule has 0 heterocycles. The van der Waals surface area contributed by atoms with Crippen LogP contribution in [0.3, 0.4) is 0 Å². The van der Waals surface area contributed by atoms with Crippen LogP contribution in [-0.4, -0.2) is 11.7 Å². The van der Waals surface area contributed by atoms with Gasteiger partial charge in [-0.2, -0.15) is 12.6 Å². The molecule has 0 aromatic rings. The van der Waals surface area contributed by atoms with Crippen LogP contribution >= 0.6 is 12.6 Å². The molecule has 0 saturated carbocycles. The van der Waals surface area contributed by atoms with E-state index in [4.69, 9.17) is 0 Å². The molecule has 0 aromatic carbocycles. The smallest absolute Gasteiger partial charge is 0.0414 e. The highest BCUT2D eigenvalue weighted by Gasteiger charge is 1.81. The zero-order valence-electron chi connectivity index (χ0n) is 3.89. The molecule has 2 nitrogen and oxygen atoms in total. The van der Waals surface area contributed by atoms with E-state index >= 15 is 0 Å². The van der Waals surface area contributed by atoms with Gasteiger partial charge in [-0.15, -0.1) is 0 Å². The highest BCUT2D eigenvalue weighted by molar-refractivity contribution is 7.80. The Balaban J connectivity index is 2.82. The van der Waals surface area contributed by atoms with Crippen LogP contribution in [0.2, 0.25) is 0 Å². The predicted octanol–water partition coefficient (Wildman–Crippen LogP) is -0.554. The van der Waals surface area contributed by atoms with E-state index in [9.17, 15) is 9.90 Å². The number of hydrogen-bond donors (Lipinski definition) is 1. The molecule has 0 aromatic heterocycles. The fraction of sp³-hybridized carbons (Fsp3) is 0.750. The minimum atomic E-state index is -0.992. The maximum Gasteiger partial charge on any atom is 0.0414 e. The fourth-order valence-electron chi connectivity index (χ4n) is 0.223. The number of thiol groups is 1. The topological polar surface area (TPSA) is 40.1 Å². The monoisotopic (exact) mass is 119 g/mol. The summed E-state index contributed by atoms with van der Waals surface area (Å²) in [4.78, 5) is 9.61. The fourth-order valence-corrected chi connectivity index (χ4v) is 0.382. The second-order valence-electron chi connectivity index (χ2n) is 1.20. The van der Waals surface area contributed by atoms with E-state index in [1.807, 2.05) is 0 Å². The number of rotatable bonds is 3. The van der Waals surface area contributed by atoms with Crippen LogP contribution in [0.25, 0.3) is 0 Å². The van der Waals surface area contributed by atoms with Crippen LogP contribution in [0.5, 0.6) is 0 Å². The van der Waals surface area contributed by atoms with Crippen LogP contribution in [0.1, 0.15) is 12.8 Å². The second-order valence-corrected chi connectivity index (χ2v) is 1.65. The van der Waals surface area contributed by atoms with Gasteiger partial charge in [0.25, 0.3) is 0 Å². The molecule has 0 fully saturated rings. The third-order valence-electron chi connectivity index (χ3n) is 0.539. The van der Waals surface area contributed by atoms with Gasteiger partial charge < -0.3 is 9.90 Å². The van der Waals surface area contributed by atoms with Gasteiger partial charge in [-0.25, -0.2) is 0 Å². The second kappa shape index (κ2) is 3.99. The summed E-state index contributed by atoms with van der Waals surface area (Å²) in [5.41, 5.74) is 0. The number of carbonyl (C=O) groups is 1. The minimum absolute atomic E-state index is 0.128. The molecule has 0 rings (SSSR count). The molecule has 0 saturated heterocycles. The molecule has 0 aliphatic rings. The maximum absolute atomic E-state index is 9.61. The molecular formula is C4H7O2S-. The van der Waals surface area contributed by atoms with Gasteiger partial charge in [-0.05, 0) is 18.6 Å². The van der Waals surface area contributed by atoms with Gasteiger partial charge in [-0.1, -0.05) is 0 Å². The van der Waals surface area contributed by atoms with E-state index < -0.39 is 5.97 Å². The van der Waals surface area contributed by atoms with E-state index in [0.29, 0.717) is 12.2 Å². The van der Waals surface area contributed by atoms with Gasteiger partial charge >= 0.3 is 0 Å². The van der Waals surface area contributed by atoms with E-state index in [2.05, 4.69) is 12.6 Å². The van der Waals surface area contributed by atoms with Crippen LogP contribution in [0, 0.1) is 0 Å². The van der Waals surface area contributed by atoms with Crippen molar-refractivity contribution in [2.45, 2.75) is 12.8 Å². The number of hydrogen-bond acceptors (Lipinski definition) is 3. The molecular weight excluding hydrogens is 112 g/mol. The molecule has 0 aliphatic carbocycles. The van der Waals surface area contributed by atoms with Gasteiger partial charge in [0.05, 0.1) is 0 Å². The van der Waals surface area contributed by atoms with Gasteiger partial charge in [0.15, 0.2) is 0 Å². The first-order valence-electron chi connectivity index (χ1n) is 2.08. The zero-order valence-corrected chi connectivity index (χ0v) is 4.78. The summed E-state index contributed by atoms with van der Waals surface area (Å²) in [6.45, 7) is 0. The lowest BCUT2D eigenvalue weighted by molar-refractivity contribution is -0.305. The Morgan fingerprint density at radius 2 is 2.29 bits per heavy atom.